The summed E-state index contributed by atoms with van der Waals surface area (Å²) in [5.74, 6) is -0.403. The Morgan fingerprint density at radius 1 is 1.24 bits per heavy atom. The Morgan fingerprint density at radius 2 is 1.90 bits per heavy atom. The molecule has 4 nitrogen and oxygen atoms in total. The first kappa shape index (κ1) is 13.9. The highest BCUT2D eigenvalue weighted by Crippen LogP contribution is 2.40. The molecule has 0 spiro atoms. The van der Waals surface area contributed by atoms with Crippen LogP contribution in [0.15, 0.2) is 36.5 Å². The minimum Gasteiger partial charge on any atom is -0.366 e. The maximum absolute atomic E-state index is 11.2. The van der Waals surface area contributed by atoms with Crippen LogP contribution < -0.4 is 11.5 Å². The topological polar surface area (TPSA) is 74.0 Å². The summed E-state index contributed by atoms with van der Waals surface area (Å²) in [6.07, 6.45) is 4.07. The summed E-state index contributed by atoms with van der Waals surface area (Å²) >= 11 is 0. The quantitative estimate of drug-likeness (QED) is 0.889. The van der Waals surface area contributed by atoms with Crippen LogP contribution in [0.1, 0.15) is 47.9 Å². The molecule has 0 aliphatic heterocycles. The van der Waals surface area contributed by atoms with Gasteiger partial charge in [0, 0.05) is 29.2 Å². The Bertz CT molecular complexity index is 683. The highest BCUT2D eigenvalue weighted by atomic mass is 16.1. The predicted octanol–water partition coefficient (Wildman–Crippen LogP) is 2.55. The van der Waals surface area contributed by atoms with Crippen molar-refractivity contribution >= 4 is 5.91 Å². The van der Waals surface area contributed by atoms with Gasteiger partial charge in [0.05, 0.1) is 0 Å². The van der Waals surface area contributed by atoms with Crippen LogP contribution in [-0.4, -0.2) is 10.5 Å². The van der Waals surface area contributed by atoms with Crippen molar-refractivity contribution in [1.29, 1.82) is 0 Å². The van der Waals surface area contributed by atoms with Gasteiger partial charge in [0.15, 0.2) is 0 Å². The SMILES string of the molecule is CC1(C)Cc2c(ccn2-c2ccc(C(N)=O)cc2)C(N)C1. The molecule has 1 aliphatic rings. The zero-order valence-electron chi connectivity index (χ0n) is 12.5. The normalized spacial score (nSPS) is 20.0. The molecule has 4 N–H and O–H groups in total. The number of nitrogens with zero attached hydrogens (tertiary/aromatic N) is 1. The van der Waals surface area contributed by atoms with Gasteiger partial charge in [0.2, 0.25) is 5.91 Å². The maximum atomic E-state index is 11.2. The van der Waals surface area contributed by atoms with Crippen molar-refractivity contribution in [1.82, 2.24) is 4.57 Å². The van der Waals surface area contributed by atoms with Gasteiger partial charge in [-0.15, -0.1) is 0 Å². The molecular formula is C17H21N3O. The smallest absolute Gasteiger partial charge is 0.248 e. The lowest BCUT2D eigenvalue weighted by Crippen LogP contribution is -2.30. The minimum atomic E-state index is -0.403. The molecule has 0 fully saturated rings. The third-order valence-electron chi connectivity index (χ3n) is 4.28. The monoisotopic (exact) mass is 283 g/mol. The molecule has 2 aromatic rings. The van der Waals surface area contributed by atoms with Gasteiger partial charge < -0.3 is 16.0 Å². The standard InChI is InChI=1S/C17H21N3O/c1-17(2)9-14(18)13-7-8-20(15(13)10-17)12-5-3-11(4-6-12)16(19)21/h3-8,14H,9-10,18H2,1-2H3,(H2,19,21). The molecule has 1 unspecified atom stereocenters. The summed E-state index contributed by atoms with van der Waals surface area (Å²) in [7, 11) is 0. The predicted molar refractivity (Wildman–Crippen MR) is 83.3 cm³/mol. The molecule has 3 rings (SSSR count). The Morgan fingerprint density at radius 3 is 2.52 bits per heavy atom. The Balaban J connectivity index is 2.03. The minimum absolute atomic E-state index is 0.0925. The second-order valence-electron chi connectivity index (χ2n) is 6.65. The van der Waals surface area contributed by atoms with E-state index in [1.54, 1.807) is 12.1 Å². The molecule has 21 heavy (non-hydrogen) atoms. The number of aromatic nitrogens is 1. The van der Waals surface area contributed by atoms with E-state index >= 15 is 0 Å². The lowest BCUT2D eigenvalue weighted by Gasteiger charge is -2.34. The number of amides is 1. The number of fused-ring (bicyclic) bond motifs is 1. The van der Waals surface area contributed by atoms with Crippen molar-refractivity contribution in [3.63, 3.8) is 0 Å². The summed E-state index contributed by atoms with van der Waals surface area (Å²) in [5.41, 5.74) is 15.8. The molecule has 1 atom stereocenters. The Labute approximate surface area is 124 Å². The van der Waals surface area contributed by atoms with Gasteiger partial charge in [-0.3, -0.25) is 4.79 Å². The molecule has 0 bridgehead atoms. The lowest BCUT2D eigenvalue weighted by atomic mass is 9.74. The van der Waals surface area contributed by atoms with Crippen LogP contribution in [-0.2, 0) is 6.42 Å². The summed E-state index contributed by atoms with van der Waals surface area (Å²) in [6.45, 7) is 4.51. The number of rotatable bonds is 2. The van der Waals surface area contributed by atoms with E-state index in [2.05, 4.69) is 30.7 Å². The fraction of sp³-hybridized carbons (Fsp3) is 0.353. The number of carbonyl (C=O) groups is 1. The van der Waals surface area contributed by atoms with Crippen molar-refractivity contribution in [3.8, 4) is 5.69 Å². The van der Waals surface area contributed by atoms with E-state index in [0.717, 1.165) is 18.5 Å². The molecule has 0 saturated heterocycles. The fourth-order valence-corrected chi connectivity index (χ4v) is 3.26. The zero-order valence-corrected chi connectivity index (χ0v) is 12.5. The van der Waals surface area contributed by atoms with E-state index < -0.39 is 5.91 Å². The molecule has 1 aliphatic carbocycles. The van der Waals surface area contributed by atoms with Crippen molar-refractivity contribution in [2.24, 2.45) is 16.9 Å². The van der Waals surface area contributed by atoms with Crippen LogP contribution in [0.3, 0.4) is 0 Å². The molecule has 1 amide bonds. The maximum Gasteiger partial charge on any atom is 0.248 e. The second-order valence-corrected chi connectivity index (χ2v) is 6.65. The zero-order chi connectivity index (χ0) is 15.2. The molecule has 4 heteroatoms. The Hall–Kier alpha value is -2.07. The highest BCUT2D eigenvalue weighted by Gasteiger charge is 2.32. The van der Waals surface area contributed by atoms with E-state index in [0.29, 0.717) is 5.56 Å². The lowest BCUT2D eigenvalue weighted by molar-refractivity contribution is 0.100. The third kappa shape index (κ3) is 2.47. The first-order valence-electron chi connectivity index (χ1n) is 7.23. The molecule has 0 radical (unpaired) electrons. The summed E-state index contributed by atoms with van der Waals surface area (Å²) in [4.78, 5) is 11.2. The molecule has 1 aromatic heterocycles. The van der Waals surface area contributed by atoms with Gasteiger partial charge in [0.25, 0.3) is 0 Å². The molecular weight excluding hydrogens is 262 g/mol. The van der Waals surface area contributed by atoms with E-state index in [1.165, 1.54) is 11.3 Å². The van der Waals surface area contributed by atoms with Crippen LogP contribution >= 0.6 is 0 Å². The molecule has 1 aromatic carbocycles. The van der Waals surface area contributed by atoms with Crippen molar-refractivity contribution in [2.45, 2.75) is 32.7 Å². The van der Waals surface area contributed by atoms with Crippen LogP contribution in [0, 0.1) is 5.41 Å². The van der Waals surface area contributed by atoms with Crippen LogP contribution in [0.5, 0.6) is 0 Å². The number of hydrogen-bond donors (Lipinski definition) is 2. The number of hydrogen-bond acceptors (Lipinski definition) is 2. The van der Waals surface area contributed by atoms with E-state index in [1.807, 2.05) is 12.1 Å². The van der Waals surface area contributed by atoms with Gasteiger partial charge >= 0.3 is 0 Å². The molecule has 0 saturated carbocycles. The van der Waals surface area contributed by atoms with Crippen LogP contribution in [0.25, 0.3) is 5.69 Å². The second kappa shape index (κ2) is 4.74. The van der Waals surface area contributed by atoms with E-state index in [-0.39, 0.29) is 11.5 Å². The van der Waals surface area contributed by atoms with Gasteiger partial charge in [-0.05, 0) is 54.2 Å². The van der Waals surface area contributed by atoms with Crippen LogP contribution in [0.2, 0.25) is 0 Å². The largest absolute Gasteiger partial charge is 0.366 e. The highest BCUT2D eigenvalue weighted by molar-refractivity contribution is 5.92. The van der Waals surface area contributed by atoms with Crippen LogP contribution in [0.4, 0.5) is 0 Å². The first-order chi connectivity index (χ1) is 9.87. The summed E-state index contributed by atoms with van der Waals surface area (Å²) in [5, 5.41) is 0. The fourth-order valence-electron chi connectivity index (χ4n) is 3.26. The summed E-state index contributed by atoms with van der Waals surface area (Å²) in [6, 6.07) is 9.57. The van der Waals surface area contributed by atoms with Gasteiger partial charge in [0.1, 0.15) is 0 Å². The van der Waals surface area contributed by atoms with Crippen molar-refractivity contribution < 1.29 is 4.79 Å². The van der Waals surface area contributed by atoms with Crippen molar-refractivity contribution in [3.05, 3.63) is 53.3 Å². The number of primary amides is 1. The Kier molecular flexibility index (Phi) is 3.14. The van der Waals surface area contributed by atoms with Gasteiger partial charge in [-0.1, -0.05) is 13.8 Å². The number of benzene rings is 1. The number of nitrogens with two attached hydrogens (primary N) is 2. The number of carbonyl (C=O) groups excluding carboxylic acids is 1. The third-order valence-corrected chi connectivity index (χ3v) is 4.28. The van der Waals surface area contributed by atoms with E-state index in [9.17, 15) is 4.79 Å². The van der Waals surface area contributed by atoms with Gasteiger partial charge in [-0.2, -0.15) is 0 Å². The first-order valence-corrected chi connectivity index (χ1v) is 7.23. The molecule has 1 heterocycles. The average Bonchev–Trinajstić information content (AvgIpc) is 2.81. The summed E-state index contributed by atoms with van der Waals surface area (Å²) < 4.78 is 2.17. The van der Waals surface area contributed by atoms with Crippen molar-refractivity contribution in [2.75, 3.05) is 0 Å². The van der Waals surface area contributed by atoms with E-state index in [4.69, 9.17) is 11.5 Å². The van der Waals surface area contributed by atoms with Gasteiger partial charge in [-0.25, -0.2) is 0 Å². The molecule has 110 valence electrons. The average molecular weight is 283 g/mol.